The maximum absolute atomic E-state index is 12.0. The molecule has 0 aliphatic carbocycles. The maximum Gasteiger partial charge on any atom is 0.333 e. The van der Waals surface area contributed by atoms with Crippen molar-refractivity contribution in [1.82, 2.24) is 0 Å². The van der Waals surface area contributed by atoms with Crippen LogP contribution in [-0.4, -0.2) is 11.6 Å². The van der Waals surface area contributed by atoms with Gasteiger partial charge in [-0.05, 0) is 68.3 Å². The van der Waals surface area contributed by atoms with Crippen LogP contribution >= 0.6 is 24.0 Å². The summed E-state index contributed by atoms with van der Waals surface area (Å²) in [6, 6.07) is 17.5. The van der Waals surface area contributed by atoms with Gasteiger partial charge in [-0.3, -0.25) is 0 Å². The van der Waals surface area contributed by atoms with Crippen molar-refractivity contribution < 1.29 is 9.53 Å². The Morgan fingerprint density at radius 2 is 1.77 bits per heavy atom. The van der Waals surface area contributed by atoms with Gasteiger partial charge >= 0.3 is 5.97 Å². The second kappa shape index (κ2) is 8.60. The van der Waals surface area contributed by atoms with Gasteiger partial charge in [0, 0.05) is 26.3 Å². The lowest BCUT2D eigenvalue weighted by Crippen LogP contribution is -2.35. The summed E-state index contributed by atoms with van der Waals surface area (Å²) in [5.41, 5.74) is 3.47. The lowest BCUT2D eigenvalue weighted by atomic mass is 9.88. The van der Waals surface area contributed by atoms with E-state index in [1.807, 2.05) is 13.8 Å². The average Bonchev–Trinajstić information content (AvgIpc) is 3.10. The number of hydrogen-bond donors (Lipinski definition) is 1. The van der Waals surface area contributed by atoms with Crippen LogP contribution in [0.4, 0.5) is 0 Å². The first-order chi connectivity index (χ1) is 14.0. The minimum atomic E-state index is -0.650. The summed E-state index contributed by atoms with van der Waals surface area (Å²) in [6.45, 7) is 13.4. The van der Waals surface area contributed by atoms with Crippen molar-refractivity contribution in [3.63, 3.8) is 0 Å². The lowest BCUT2D eigenvalue weighted by Gasteiger charge is -2.34. The fraction of sp³-hybridized carbons (Fsp3) is 0.346. The third kappa shape index (κ3) is 5.16. The molecule has 1 unspecified atom stereocenters. The van der Waals surface area contributed by atoms with Gasteiger partial charge in [-0.25, -0.2) is 4.79 Å². The van der Waals surface area contributed by atoms with Crippen LogP contribution in [0.3, 0.4) is 0 Å². The second-order valence-electron chi connectivity index (χ2n) is 8.79. The Labute approximate surface area is 189 Å². The van der Waals surface area contributed by atoms with Crippen LogP contribution in [0.1, 0.15) is 52.2 Å². The molecule has 0 radical (unpaired) electrons. The van der Waals surface area contributed by atoms with Crippen LogP contribution in [0.2, 0.25) is 0 Å². The highest BCUT2D eigenvalue weighted by Crippen LogP contribution is 2.41. The van der Waals surface area contributed by atoms with E-state index >= 15 is 0 Å². The minimum absolute atomic E-state index is 0.364. The van der Waals surface area contributed by atoms with Gasteiger partial charge < -0.3 is 4.74 Å². The van der Waals surface area contributed by atoms with Crippen LogP contribution in [0.15, 0.2) is 60.7 Å². The van der Waals surface area contributed by atoms with Crippen molar-refractivity contribution >= 4 is 40.0 Å². The average molecular weight is 439 g/mol. The van der Waals surface area contributed by atoms with E-state index < -0.39 is 10.3 Å². The Kier molecular flexibility index (Phi) is 6.49. The number of benzene rings is 2. The molecule has 158 valence electrons. The van der Waals surface area contributed by atoms with Crippen molar-refractivity contribution in [3.8, 4) is 10.4 Å². The van der Waals surface area contributed by atoms with Gasteiger partial charge in [0.2, 0.25) is 0 Å². The van der Waals surface area contributed by atoms with Gasteiger partial charge in [0.1, 0.15) is 5.60 Å². The summed E-state index contributed by atoms with van der Waals surface area (Å²) in [5.74, 6) is -0.364. The SMILES string of the molecule is C=C(C)C(=O)OC(C)(C)CC(C)(S)c1ccc2cc(-c3ccc(CC)cc3)sc2c1. The Morgan fingerprint density at radius 3 is 2.37 bits per heavy atom. The number of aryl methyl sites for hydroxylation is 1. The van der Waals surface area contributed by atoms with Gasteiger partial charge in [0.05, 0.1) is 0 Å². The first-order valence-corrected chi connectivity index (χ1v) is 11.5. The zero-order valence-corrected chi connectivity index (χ0v) is 20.1. The van der Waals surface area contributed by atoms with E-state index in [4.69, 9.17) is 17.4 Å². The molecule has 3 aromatic rings. The first-order valence-electron chi connectivity index (χ1n) is 10.3. The van der Waals surface area contributed by atoms with Gasteiger partial charge in [-0.1, -0.05) is 49.9 Å². The fourth-order valence-corrected chi connectivity index (χ4v) is 5.35. The lowest BCUT2D eigenvalue weighted by molar-refractivity contribution is -0.152. The molecule has 0 N–H and O–H groups in total. The zero-order valence-electron chi connectivity index (χ0n) is 18.4. The van der Waals surface area contributed by atoms with Crippen LogP contribution in [0, 0.1) is 0 Å². The van der Waals surface area contributed by atoms with Crippen molar-refractivity contribution in [2.45, 2.75) is 57.8 Å². The molecule has 1 aromatic heterocycles. The standard InChI is InChI=1S/C26H30O2S2/c1-7-18-8-10-19(11-9-18)22-14-20-12-13-21(15-23(20)30-22)26(6,29)16-25(4,5)28-24(27)17(2)3/h8-15,29H,2,7,16H2,1,3-6H3. The molecule has 0 saturated carbocycles. The molecule has 0 aliphatic rings. The smallest absolute Gasteiger partial charge is 0.333 e. The van der Waals surface area contributed by atoms with Crippen LogP contribution < -0.4 is 0 Å². The largest absolute Gasteiger partial charge is 0.456 e. The minimum Gasteiger partial charge on any atom is -0.456 e. The number of rotatable bonds is 7. The third-order valence-electron chi connectivity index (χ3n) is 5.28. The van der Waals surface area contributed by atoms with E-state index in [-0.39, 0.29) is 5.97 Å². The van der Waals surface area contributed by atoms with Crippen LogP contribution in [-0.2, 0) is 20.7 Å². The molecule has 4 heteroatoms. The Bertz CT molecular complexity index is 1070. The molecule has 1 atom stereocenters. The molecule has 2 aromatic carbocycles. The molecule has 0 spiro atoms. The number of fused-ring (bicyclic) bond motifs is 1. The van der Waals surface area contributed by atoms with E-state index in [1.165, 1.54) is 26.1 Å². The number of thiol groups is 1. The molecule has 0 bridgehead atoms. The highest BCUT2D eigenvalue weighted by molar-refractivity contribution is 7.81. The summed E-state index contributed by atoms with van der Waals surface area (Å²) in [6.07, 6.45) is 1.64. The van der Waals surface area contributed by atoms with Gasteiger partial charge in [0.25, 0.3) is 0 Å². The number of thiophene rings is 1. The molecule has 2 nitrogen and oxygen atoms in total. The molecule has 0 saturated heterocycles. The molecule has 0 fully saturated rings. The topological polar surface area (TPSA) is 26.3 Å². The van der Waals surface area contributed by atoms with E-state index in [2.05, 4.69) is 69.0 Å². The molecular formula is C26H30O2S2. The predicted octanol–water partition coefficient (Wildman–Crippen LogP) is 7.56. The van der Waals surface area contributed by atoms with E-state index in [0.717, 1.165) is 12.0 Å². The molecule has 0 aliphatic heterocycles. The van der Waals surface area contributed by atoms with Crippen molar-refractivity contribution in [1.29, 1.82) is 0 Å². The predicted molar refractivity (Wildman–Crippen MR) is 133 cm³/mol. The Hall–Kier alpha value is -2.04. The number of esters is 1. The van der Waals surface area contributed by atoms with Crippen LogP contribution in [0.5, 0.6) is 0 Å². The van der Waals surface area contributed by atoms with E-state index in [1.54, 1.807) is 18.3 Å². The number of carbonyl (C=O) groups excluding carboxylic acids is 1. The van der Waals surface area contributed by atoms with Crippen LogP contribution in [0.25, 0.3) is 20.5 Å². The normalized spacial score (nSPS) is 13.8. The van der Waals surface area contributed by atoms with Crippen molar-refractivity contribution in [2.24, 2.45) is 0 Å². The maximum atomic E-state index is 12.0. The number of hydrogen-bond acceptors (Lipinski definition) is 4. The molecular weight excluding hydrogens is 408 g/mol. The number of ether oxygens (including phenoxy) is 1. The van der Waals surface area contributed by atoms with Gasteiger partial charge in [-0.15, -0.1) is 11.3 Å². The third-order valence-corrected chi connectivity index (χ3v) is 6.84. The second-order valence-corrected chi connectivity index (χ2v) is 10.9. The molecule has 3 rings (SSSR count). The monoisotopic (exact) mass is 438 g/mol. The fourth-order valence-electron chi connectivity index (χ4n) is 3.72. The number of carbonyl (C=O) groups is 1. The highest BCUT2D eigenvalue weighted by atomic mass is 32.1. The molecule has 1 heterocycles. The Morgan fingerprint density at radius 1 is 1.10 bits per heavy atom. The van der Waals surface area contributed by atoms with Crippen molar-refractivity contribution in [2.75, 3.05) is 0 Å². The van der Waals surface area contributed by atoms with E-state index in [9.17, 15) is 4.79 Å². The highest BCUT2D eigenvalue weighted by Gasteiger charge is 2.34. The summed E-state index contributed by atoms with van der Waals surface area (Å²) < 4.78 is 6.43. The first kappa shape index (κ1) is 22.6. The summed E-state index contributed by atoms with van der Waals surface area (Å²) >= 11 is 6.75. The Balaban J connectivity index is 1.86. The molecule has 0 amide bonds. The summed E-state index contributed by atoms with van der Waals surface area (Å²) in [5, 5.41) is 1.23. The van der Waals surface area contributed by atoms with Gasteiger partial charge in [-0.2, -0.15) is 12.6 Å². The van der Waals surface area contributed by atoms with Crippen molar-refractivity contribution in [3.05, 3.63) is 71.8 Å². The quantitative estimate of drug-likeness (QED) is 0.234. The summed E-state index contributed by atoms with van der Waals surface area (Å²) in [7, 11) is 0. The zero-order chi connectivity index (χ0) is 22.1. The summed E-state index contributed by atoms with van der Waals surface area (Å²) in [4.78, 5) is 13.3. The van der Waals surface area contributed by atoms with E-state index in [0.29, 0.717) is 12.0 Å². The van der Waals surface area contributed by atoms with Gasteiger partial charge in [0.15, 0.2) is 0 Å². The molecule has 30 heavy (non-hydrogen) atoms.